The van der Waals surface area contributed by atoms with Crippen molar-refractivity contribution in [2.75, 3.05) is 0 Å². The number of benzene rings is 10. The van der Waals surface area contributed by atoms with E-state index in [1.807, 2.05) is 26.0 Å². The number of para-hydroxylation sites is 2. The monoisotopic (exact) mass is 860 g/mol. The maximum Gasteiger partial charge on any atom is 0.238 e. The second-order valence-corrected chi connectivity index (χ2v) is 17.9. The molecular formula is C62H44N4O. The molecule has 13 aromatic rings. The lowest BCUT2D eigenvalue weighted by molar-refractivity contribution is 0.660. The molecule has 14 rings (SSSR count). The number of fused-ring (bicyclic) bond motifs is 15. The Hall–Kier alpha value is -8.41. The molecule has 0 amide bonds. The van der Waals surface area contributed by atoms with Gasteiger partial charge in [0.05, 0.1) is 11.0 Å². The van der Waals surface area contributed by atoms with Crippen LogP contribution < -0.4 is 0 Å². The van der Waals surface area contributed by atoms with Gasteiger partial charge in [0, 0.05) is 49.0 Å². The number of furan rings is 1. The topological polar surface area (TPSA) is 56.7 Å². The standard InChI is InChI=1S/C60H38N4O.C2H6/c1-60(2)49-26-11-9-22-47(49)53-44(23-14-27-50(53)60)46-24-13-25-48-54-43-20-7-5-17-39(43)40-18-6-8-21-45(40)56(54)64(55(46)48)59-62-57(37-30-29-35-15-3-4-16-36(35)33-37)61-58(63-59)38-31-32-42-41-19-10-12-28-51(41)65-52(42)34-38;1-2/h3-34H,1-2H3;1-2H3. The molecule has 0 bridgehead atoms. The normalized spacial score (nSPS) is 12.9. The predicted molar refractivity (Wildman–Crippen MR) is 279 cm³/mol. The zero-order chi connectivity index (χ0) is 45.0. The zero-order valence-electron chi connectivity index (χ0n) is 37.7. The number of rotatable bonds is 4. The first-order valence-corrected chi connectivity index (χ1v) is 23.3. The fraction of sp³-hybridized carbons (Fsp3) is 0.0806. The summed E-state index contributed by atoms with van der Waals surface area (Å²) >= 11 is 0. The van der Waals surface area contributed by atoms with E-state index in [1.165, 1.54) is 49.4 Å². The maximum absolute atomic E-state index is 6.45. The van der Waals surface area contributed by atoms with Gasteiger partial charge in [0.1, 0.15) is 11.2 Å². The van der Waals surface area contributed by atoms with Gasteiger partial charge < -0.3 is 4.42 Å². The van der Waals surface area contributed by atoms with Crippen molar-refractivity contribution in [3.63, 3.8) is 0 Å². The van der Waals surface area contributed by atoms with E-state index in [0.29, 0.717) is 17.6 Å². The first-order valence-electron chi connectivity index (χ1n) is 23.3. The Bertz CT molecular complexity index is 4170. The van der Waals surface area contributed by atoms with E-state index in [2.05, 4.69) is 200 Å². The van der Waals surface area contributed by atoms with Gasteiger partial charge in [-0.3, -0.25) is 4.57 Å². The summed E-state index contributed by atoms with van der Waals surface area (Å²) in [6.45, 7) is 8.70. The Kier molecular flexibility index (Phi) is 8.62. The summed E-state index contributed by atoms with van der Waals surface area (Å²) < 4.78 is 8.79. The lowest BCUT2D eigenvalue weighted by Crippen LogP contribution is -2.14. The fourth-order valence-corrected chi connectivity index (χ4v) is 11.0. The fourth-order valence-electron chi connectivity index (χ4n) is 11.0. The quantitative estimate of drug-likeness (QED) is 0.165. The molecule has 1 aliphatic rings. The molecule has 0 unspecified atom stereocenters. The number of hydrogen-bond acceptors (Lipinski definition) is 4. The average Bonchev–Trinajstić information content (AvgIpc) is 4.02. The Morgan fingerprint density at radius 2 is 0.970 bits per heavy atom. The first-order chi connectivity index (χ1) is 33.0. The molecule has 0 N–H and O–H groups in total. The van der Waals surface area contributed by atoms with Crippen molar-refractivity contribution < 1.29 is 4.42 Å². The summed E-state index contributed by atoms with van der Waals surface area (Å²) in [7, 11) is 0. The number of nitrogens with zero attached hydrogens (tertiary/aromatic N) is 4. The molecule has 0 spiro atoms. The number of aromatic nitrogens is 4. The molecule has 0 saturated carbocycles. The molecule has 10 aromatic carbocycles. The Morgan fingerprint density at radius 3 is 1.79 bits per heavy atom. The van der Waals surface area contributed by atoms with Gasteiger partial charge in [-0.2, -0.15) is 9.97 Å². The van der Waals surface area contributed by atoms with Gasteiger partial charge in [-0.25, -0.2) is 4.98 Å². The van der Waals surface area contributed by atoms with Crippen LogP contribution in [0.25, 0.3) is 127 Å². The highest BCUT2D eigenvalue weighted by Gasteiger charge is 2.37. The van der Waals surface area contributed by atoms with Crippen molar-refractivity contribution in [2.24, 2.45) is 0 Å². The maximum atomic E-state index is 6.45. The van der Waals surface area contributed by atoms with Gasteiger partial charge in [0.25, 0.3) is 0 Å². The van der Waals surface area contributed by atoms with Crippen molar-refractivity contribution in [2.45, 2.75) is 33.1 Å². The van der Waals surface area contributed by atoms with Crippen molar-refractivity contribution in [3.8, 4) is 51.0 Å². The van der Waals surface area contributed by atoms with E-state index in [1.54, 1.807) is 0 Å². The molecule has 5 nitrogen and oxygen atoms in total. The van der Waals surface area contributed by atoms with Crippen LogP contribution in [0.3, 0.4) is 0 Å². The van der Waals surface area contributed by atoms with Crippen LogP contribution in [0.2, 0.25) is 0 Å². The van der Waals surface area contributed by atoms with E-state index >= 15 is 0 Å². The molecule has 0 aliphatic heterocycles. The molecule has 0 atom stereocenters. The highest BCUT2D eigenvalue weighted by Crippen LogP contribution is 2.54. The summed E-state index contributed by atoms with van der Waals surface area (Å²) in [5.41, 5.74) is 12.9. The molecular weight excluding hydrogens is 817 g/mol. The van der Waals surface area contributed by atoms with Crippen molar-refractivity contribution in [1.82, 2.24) is 19.5 Å². The molecule has 3 aromatic heterocycles. The van der Waals surface area contributed by atoms with E-state index in [0.717, 1.165) is 71.2 Å². The predicted octanol–water partition coefficient (Wildman–Crippen LogP) is 16.7. The van der Waals surface area contributed by atoms with Crippen LogP contribution in [0.5, 0.6) is 0 Å². The first kappa shape index (κ1) is 39.0. The summed E-state index contributed by atoms with van der Waals surface area (Å²) in [4.78, 5) is 16.4. The van der Waals surface area contributed by atoms with Crippen LogP contribution in [-0.4, -0.2) is 19.5 Å². The van der Waals surface area contributed by atoms with Crippen LogP contribution >= 0.6 is 0 Å². The van der Waals surface area contributed by atoms with Crippen LogP contribution in [-0.2, 0) is 5.41 Å². The van der Waals surface area contributed by atoms with Crippen LogP contribution in [0.1, 0.15) is 38.8 Å². The van der Waals surface area contributed by atoms with Crippen LogP contribution in [0.4, 0.5) is 0 Å². The van der Waals surface area contributed by atoms with E-state index in [9.17, 15) is 0 Å². The van der Waals surface area contributed by atoms with E-state index in [4.69, 9.17) is 19.4 Å². The van der Waals surface area contributed by atoms with Crippen molar-refractivity contribution in [3.05, 3.63) is 205 Å². The highest BCUT2D eigenvalue weighted by atomic mass is 16.3. The van der Waals surface area contributed by atoms with Gasteiger partial charge in [-0.1, -0.05) is 198 Å². The molecule has 318 valence electrons. The molecule has 0 fully saturated rings. The summed E-state index contributed by atoms with van der Waals surface area (Å²) in [6, 6.07) is 69.5. The highest BCUT2D eigenvalue weighted by molar-refractivity contribution is 6.33. The van der Waals surface area contributed by atoms with Gasteiger partial charge in [0.2, 0.25) is 5.95 Å². The minimum Gasteiger partial charge on any atom is -0.456 e. The second kappa shape index (κ2) is 14.8. The Labute approximate surface area is 387 Å². The zero-order valence-corrected chi connectivity index (χ0v) is 37.7. The average molecular weight is 861 g/mol. The third-order valence-corrected chi connectivity index (χ3v) is 14.0. The van der Waals surface area contributed by atoms with Crippen molar-refractivity contribution in [1.29, 1.82) is 0 Å². The smallest absolute Gasteiger partial charge is 0.238 e. The second-order valence-electron chi connectivity index (χ2n) is 17.9. The van der Waals surface area contributed by atoms with Crippen LogP contribution in [0.15, 0.2) is 199 Å². The van der Waals surface area contributed by atoms with Crippen LogP contribution in [0, 0.1) is 0 Å². The van der Waals surface area contributed by atoms with Gasteiger partial charge in [0.15, 0.2) is 11.6 Å². The van der Waals surface area contributed by atoms with Gasteiger partial charge in [-0.15, -0.1) is 0 Å². The third-order valence-electron chi connectivity index (χ3n) is 14.0. The molecule has 0 saturated heterocycles. The largest absolute Gasteiger partial charge is 0.456 e. The lowest BCUT2D eigenvalue weighted by Gasteiger charge is -2.21. The molecule has 5 heteroatoms. The summed E-state index contributed by atoms with van der Waals surface area (Å²) in [5, 5.41) is 11.4. The Balaban J connectivity index is 0.00000220. The van der Waals surface area contributed by atoms with Gasteiger partial charge >= 0.3 is 0 Å². The number of hydrogen-bond donors (Lipinski definition) is 0. The third kappa shape index (κ3) is 5.71. The summed E-state index contributed by atoms with van der Waals surface area (Å²) in [6.07, 6.45) is 0. The Morgan fingerprint density at radius 1 is 0.403 bits per heavy atom. The molecule has 3 heterocycles. The SMILES string of the molecule is CC.CC1(C)c2ccccc2-c2c(-c3cccc4c5c6ccccc6c6ccccc6c5n(-c5nc(-c6ccc7ccccc7c6)nc(-c6ccc7c(c6)oc6ccccc67)n5)c34)cccc21. The summed E-state index contributed by atoms with van der Waals surface area (Å²) in [5.74, 6) is 1.70. The minimum atomic E-state index is -0.159. The minimum absolute atomic E-state index is 0.159. The van der Waals surface area contributed by atoms with E-state index < -0.39 is 0 Å². The molecule has 1 aliphatic carbocycles. The van der Waals surface area contributed by atoms with Gasteiger partial charge in [-0.05, 0) is 79.0 Å². The lowest BCUT2D eigenvalue weighted by atomic mass is 9.82. The molecule has 67 heavy (non-hydrogen) atoms. The van der Waals surface area contributed by atoms with E-state index in [-0.39, 0.29) is 5.41 Å². The van der Waals surface area contributed by atoms with Crippen molar-refractivity contribution >= 4 is 76.1 Å². The molecule has 0 radical (unpaired) electrons.